The van der Waals surface area contributed by atoms with Crippen LogP contribution in [0.1, 0.15) is 26.7 Å². The van der Waals surface area contributed by atoms with Crippen molar-refractivity contribution >= 4 is 11.8 Å². The van der Waals surface area contributed by atoms with E-state index in [0.717, 1.165) is 0 Å². The lowest BCUT2D eigenvalue weighted by Gasteiger charge is -1.98. The molecule has 0 unspecified atom stereocenters. The number of oxazole rings is 1. The highest BCUT2D eigenvalue weighted by Crippen LogP contribution is 2.26. The third kappa shape index (κ3) is 2.89. The maximum atomic E-state index is 12.4. The lowest BCUT2D eigenvalue weighted by Crippen LogP contribution is -2.05. The van der Waals surface area contributed by atoms with Crippen molar-refractivity contribution in [2.24, 2.45) is 0 Å². The van der Waals surface area contributed by atoms with Crippen molar-refractivity contribution in [3.8, 4) is 11.3 Å². The molecule has 23 heavy (non-hydrogen) atoms. The van der Waals surface area contributed by atoms with Crippen molar-refractivity contribution in [2.75, 3.05) is 7.11 Å². The van der Waals surface area contributed by atoms with Gasteiger partial charge >= 0.3 is 5.97 Å². The second-order valence-corrected chi connectivity index (χ2v) is 4.75. The molecule has 0 radical (unpaired) electrons. The molecule has 0 fully saturated rings. The highest BCUT2D eigenvalue weighted by atomic mass is 16.5. The van der Waals surface area contributed by atoms with E-state index in [2.05, 4.69) is 4.98 Å². The highest BCUT2D eigenvalue weighted by molar-refractivity contribution is 6.07. The largest absolute Gasteiger partial charge is 0.464 e. The zero-order valence-electron chi connectivity index (χ0n) is 12.4. The molecule has 0 saturated carbocycles. The summed E-state index contributed by atoms with van der Waals surface area (Å²) < 4.78 is 10.3. The fourth-order valence-corrected chi connectivity index (χ4v) is 2.15. The van der Waals surface area contributed by atoms with Gasteiger partial charge in [-0.25, -0.2) is 4.79 Å². The van der Waals surface area contributed by atoms with E-state index in [1.807, 2.05) is 12.1 Å². The molecule has 1 heterocycles. The van der Waals surface area contributed by atoms with Crippen LogP contribution in [0.5, 0.6) is 0 Å². The quantitative estimate of drug-likeness (QED) is 0.546. The molecular formula is C18H13NO4. The molecule has 0 aliphatic carbocycles. The number of hydrogen-bond donors (Lipinski definition) is 0. The van der Waals surface area contributed by atoms with E-state index in [1.54, 1.807) is 48.5 Å². The number of rotatable bonds is 4. The van der Waals surface area contributed by atoms with Gasteiger partial charge in [-0.1, -0.05) is 60.7 Å². The molecule has 0 amide bonds. The number of hydrogen-bond acceptors (Lipinski definition) is 5. The van der Waals surface area contributed by atoms with Crippen LogP contribution in [-0.2, 0) is 4.74 Å². The number of nitrogens with zero attached hydrogens (tertiary/aromatic N) is 1. The van der Waals surface area contributed by atoms with Gasteiger partial charge in [-0.05, 0) is 0 Å². The number of carbonyl (C=O) groups excluding carboxylic acids is 2. The third-order valence-corrected chi connectivity index (χ3v) is 3.27. The molecule has 2 aromatic carbocycles. The van der Waals surface area contributed by atoms with Crippen LogP contribution in [-0.4, -0.2) is 23.8 Å². The van der Waals surface area contributed by atoms with Crippen LogP contribution in [0, 0.1) is 0 Å². The van der Waals surface area contributed by atoms with Crippen molar-refractivity contribution < 1.29 is 18.7 Å². The normalized spacial score (nSPS) is 10.3. The molecule has 0 saturated heterocycles. The van der Waals surface area contributed by atoms with Gasteiger partial charge < -0.3 is 9.15 Å². The first-order valence-electron chi connectivity index (χ1n) is 6.95. The Morgan fingerprint density at radius 1 is 0.957 bits per heavy atom. The Morgan fingerprint density at radius 2 is 1.57 bits per heavy atom. The first-order valence-corrected chi connectivity index (χ1v) is 6.95. The summed E-state index contributed by atoms with van der Waals surface area (Å²) >= 11 is 0. The molecule has 3 rings (SSSR count). The van der Waals surface area contributed by atoms with E-state index >= 15 is 0 Å². The van der Waals surface area contributed by atoms with Crippen LogP contribution in [0.15, 0.2) is 65.1 Å². The van der Waals surface area contributed by atoms with Gasteiger partial charge in [0.25, 0.3) is 5.89 Å². The van der Waals surface area contributed by atoms with E-state index in [9.17, 15) is 9.59 Å². The minimum atomic E-state index is -0.653. The van der Waals surface area contributed by atoms with Gasteiger partial charge in [-0.3, -0.25) is 4.79 Å². The Kier molecular flexibility index (Phi) is 4.01. The van der Waals surface area contributed by atoms with Crippen molar-refractivity contribution in [2.45, 2.75) is 0 Å². The summed E-state index contributed by atoms with van der Waals surface area (Å²) in [5, 5.41) is 0. The Hall–Kier alpha value is -3.21. The maximum absolute atomic E-state index is 12.4. The molecular weight excluding hydrogens is 294 g/mol. The van der Waals surface area contributed by atoms with Crippen LogP contribution in [0.3, 0.4) is 0 Å². The molecule has 5 heteroatoms. The number of carbonyl (C=O) groups is 2. The molecule has 0 spiro atoms. The van der Waals surface area contributed by atoms with Crippen molar-refractivity contribution in [3.05, 3.63) is 77.8 Å². The molecule has 1 aromatic heterocycles. The molecule has 0 N–H and O–H groups in total. The number of ketones is 1. The topological polar surface area (TPSA) is 69.4 Å². The summed E-state index contributed by atoms with van der Waals surface area (Å²) in [7, 11) is 1.25. The summed E-state index contributed by atoms with van der Waals surface area (Å²) in [6.45, 7) is 0. The highest BCUT2D eigenvalue weighted by Gasteiger charge is 2.25. The average molecular weight is 307 g/mol. The van der Waals surface area contributed by atoms with Gasteiger partial charge in [0, 0.05) is 11.1 Å². The molecule has 5 nitrogen and oxygen atoms in total. The summed E-state index contributed by atoms with van der Waals surface area (Å²) in [6.07, 6.45) is 0. The van der Waals surface area contributed by atoms with Gasteiger partial charge in [0.05, 0.1) is 7.11 Å². The van der Waals surface area contributed by atoms with Crippen LogP contribution in [0.25, 0.3) is 11.3 Å². The van der Waals surface area contributed by atoms with Crippen molar-refractivity contribution in [1.82, 2.24) is 4.98 Å². The van der Waals surface area contributed by atoms with Crippen LogP contribution in [0.2, 0.25) is 0 Å². The number of esters is 1. The Morgan fingerprint density at radius 3 is 2.17 bits per heavy atom. The smallest absolute Gasteiger partial charge is 0.360 e. The van der Waals surface area contributed by atoms with Crippen molar-refractivity contribution in [1.29, 1.82) is 0 Å². The molecule has 0 atom stereocenters. The molecule has 0 aliphatic rings. The van der Waals surface area contributed by atoms with E-state index in [4.69, 9.17) is 9.15 Å². The van der Waals surface area contributed by atoms with E-state index < -0.39 is 11.8 Å². The summed E-state index contributed by atoms with van der Waals surface area (Å²) in [5.41, 5.74) is 1.07. The van der Waals surface area contributed by atoms with Crippen LogP contribution >= 0.6 is 0 Å². The Balaban J connectivity index is 2.09. The molecule has 0 bridgehead atoms. The third-order valence-electron chi connectivity index (χ3n) is 3.27. The van der Waals surface area contributed by atoms with Crippen molar-refractivity contribution in [3.63, 3.8) is 0 Å². The Labute approximate surface area is 132 Å². The van der Waals surface area contributed by atoms with E-state index in [1.165, 1.54) is 7.11 Å². The fourth-order valence-electron chi connectivity index (χ4n) is 2.15. The first-order chi connectivity index (χ1) is 11.2. The minimum absolute atomic E-state index is 0.0158. The van der Waals surface area contributed by atoms with Gasteiger partial charge in [-0.2, -0.15) is 4.98 Å². The first kappa shape index (κ1) is 14.7. The summed E-state index contributed by atoms with van der Waals surface area (Å²) in [6, 6.07) is 17.6. The molecule has 114 valence electrons. The fraction of sp³-hybridized carbons (Fsp3) is 0.0556. The predicted molar refractivity (Wildman–Crippen MR) is 83.2 cm³/mol. The lowest BCUT2D eigenvalue weighted by molar-refractivity contribution is 0.0595. The van der Waals surface area contributed by atoms with Crippen LogP contribution < -0.4 is 0 Å². The standard InChI is InChI=1S/C18H13NO4/c1-22-18(21)14-16(13-10-6-3-7-11-13)23-17(19-14)15(20)12-8-4-2-5-9-12/h2-11H,1H3. The zero-order valence-corrected chi connectivity index (χ0v) is 12.4. The number of ether oxygens (including phenoxy) is 1. The summed E-state index contributed by atoms with van der Waals surface area (Å²) in [5.74, 6) is -0.968. The monoisotopic (exact) mass is 307 g/mol. The van der Waals surface area contributed by atoms with Gasteiger partial charge in [-0.15, -0.1) is 0 Å². The molecule has 0 aliphatic heterocycles. The average Bonchev–Trinajstić information content (AvgIpc) is 3.07. The van der Waals surface area contributed by atoms with Gasteiger partial charge in [0.2, 0.25) is 5.78 Å². The predicted octanol–water partition coefficient (Wildman–Crippen LogP) is 3.36. The Bertz CT molecular complexity index is 838. The van der Waals surface area contributed by atoms with E-state index in [-0.39, 0.29) is 17.3 Å². The number of methoxy groups -OCH3 is 1. The number of benzene rings is 2. The number of aromatic nitrogens is 1. The lowest BCUT2D eigenvalue weighted by atomic mass is 10.1. The van der Waals surface area contributed by atoms with E-state index in [0.29, 0.717) is 11.1 Å². The van der Waals surface area contributed by atoms with Gasteiger partial charge in [0.1, 0.15) is 0 Å². The second-order valence-electron chi connectivity index (χ2n) is 4.75. The summed E-state index contributed by atoms with van der Waals surface area (Å²) in [4.78, 5) is 28.4. The second kappa shape index (κ2) is 6.27. The SMILES string of the molecule is COC(=O)c1nc(C(=O)c2ccccc2)oc1-c1ccccc1. The van der Waals surface area contributed by atoms with Crippen LogP contribution in [0.4, 0.5) is 0 Å². The zero-order chi connectivity index (χ0) is 16.2. The van der Waals surface area contributed by atoms with Gasteiger partial charge in [0.15, 0.2) is 11.5 Å². The maximum Gasteiger partial charge on any atom is 0.360 e. The molecule has 3 aromatic rings. The minimum Gasteiger partial charge on any atom is -0.464 e.